The van der Waals surface area contributed by atoms with Crippen LogP contribution in [0.4, 0.5) is 0 Å². The Kier molecular flexibility index (Phi) is 10.3. The summed E-state index contributed by atoms with van der Waals surface area (Å²) in [6, 6.07) is 0. The highest BCUT2D eigenvalue weighted by molar-refractivity contribution is 5.77. The standard InChI is InChI=1S/C10H23N3O3/c1-13(2)5-8-15-7-4-12-10(14)9-16-6-3-11/h3-9,11H2,1-2H3,(H,12,14). The highest BCUT2D eigenvalue weighted by Gasteiger charge is 1.99. The molecule has 0 heterocycles. The van der Waals surface area contributed by atoms with E-state index in [9.17, 15) is 4.79 Å². The number of ether oxygens (including phenoxy) is 2. The zero-order valence-electron chi connectivity index (χ0n) is 10.2. The van der Waals surface area contributed by atoms with E-state index in [1.54, 1.807) is 0 Å². The minimum absolute atomic E-state index is 0.0644. The molecule has 1 amide bonds. The molecular weight excluding hydrogens is 210 g/mol. The number of carbonyl (C=O) groups is 1. The number of amides is 1. The van der Waals surface area contributed by atoms with Crippen molar-refractivity contribution < 1.29 is 14.3 Å². The van der Waals surface area contributed by atoms with E-state index in [0.29, 0.717) is 32.9 Å². The number of hydrogen-bond donors (Lipinski definition) is 2. The lowest BCUT2D eigenvalue weighted by atomic mass is 10.5. The van der Waals surface area contributed by atoms with E-state index in [-0.39, 0.29) is 12.5 Å². The topological polar surface area (TPSA) is 76.8 Å². The molecule has 96 valence electrons. The van der Waals surface area contributed by atoms with Crippen LogP contribution in [0.15, 0.2) is 0 Å². The Hall–Kier alpha value is -0.690. The third-order valence-corrected chi connectivity index (χ3v) is 1.75. The molecule has 0 aromatic rings. The summed E-state index contributed by atoms with van der Waals surface area (Å²) in [6.45, 7) is 3.50. The first-order chi connectivity index (χ1) is 7.66. The molecule has 0 aromatic carbocycles. The van der Waals surface area contributed by atoms with Gasteiger partial charge in [-0.2, -0.15) is 0 Å². The lowest BCUT2D eigenvalue weighted by Crippen LogP contribution is -2.31. The van der Waals surface area contributed by atoms with Crippen molar-refractivity contribution in [2.24, 2.45) is 5.73 Å². The molecule has 0 bridgehead atoms. The second-order valence-electron chi connectivity index (χ2n) is 3.61. The maximum atomic E-state index is 11.1. The summed E-state index contributed by atoms with van der Waals surface area (Å²) in [7, 11) is 3.97. The third-order valence-electron chi connectivity index (χ3n) is 1.75. The second-order valence-corrected chi connectivity index (χ2v) is 3.61. The molecule has 6 nitrogen and oxygen atoms in total. The predicted molar refractivity (Wildman–Crippen MR) is 62.3 cm³/mol. The predicted octanol–water partition coefficient (Wildman–Crippen LogP) is -1.34. The van der Waals surface area contributed by atoms with Gasteiger partial charge in [0.1, 0.15) is 6.61 Å². The number of nitrogens with one attached hydrogen (secondary N) is 1. The molecule has 0 spiro atoms. The van der Waals surface area contributed by atoms with Crippen molar-refractivity contribution in [2.75, 3.05) is 60.2 Å². The Bertz CT molecular complexity index is 177. The first-order valence-electron chi connectivity index (χ1n) is 5.43. The largest absolute Gasteiger partial charge is 0.378 e. The minimum Gasteiger partial charge on any atom is -0.378 e. The number of rotatable bonds is 10. The summed E-state index contributed by atoms with van der Waals surface area (Å²) >= 11 is 0. The van der Waals surface area contributed by atoms with Gasteiger partial charge in [0.25, 0.3) is 0 Å². The first-order valence-corrected chi connectivity index (χ1v) is 5.43. The smallest absolute Gasteiger partial charge is 0.246 e. The molecular formula is C10H23N3O3. The SMILES string of the molecule is CN(C)CCOCCNC(=O)COCCN. The fourth-order valence-electron chi connectivity index (χ4n) is 0.911. The fourth-order valence-corrected chi connectivity index (χ4v) is 0.911. The van der Waals surface area contributed by atoms with E-state index in [2.05, 4.69) is 5.32 Å². The number of nitrogens with two attached hydrogens (primary N) is 1. The number of nitrogens with zero attached hydrogens (tertiary/aromatic N) is 1. The summed E-state index contributed by atoms with van der Waals surface area (Å²) in [4.78, 5) is 13.2. The Morgan fingerprint density at radius 2 is 2.00 bits per heavy atom. The van der Waals surface area contributed by atoms with Gasteiger partial charge in [0, 0.05) is 19.6 Å². The van der Waals surface area contributed by atoms with Crippen LogP contribution < -0.4 is 11.1 Å². The summed E-state index contributed by atoms with van der Waals surface area (Å²) in [6.07, 6.45) is 0. The molecule has 0 rings (SSSR count). The Labute approximate surface area is 97.1 Å². The Balaban J connectivity index is 3.15. The van der Waals surface area contributed by atoms with E-state index in [0.717, 1.165) is 6.54 Å². The number of likely N-dealkylation sites (N-methyl/N-ethyl adjacent to an activating group) is 1. The summed E-state index contributed by atoms with van der Waals surface area (Å²) in [5, 5.41) is 2.69. The van der Waals surface area contributed by atoms with Gasteiger partial charge in [0.2, 0.25) is 5.91 Å². The number of hydrogen-bond acceptors (Lipinski definition) is 5. The fraction of sp³-hybridized carbons (Fsp3) is 0.900. The van der Waals surface area contributed by atoms with Crippen molar-refractivity contribution in [1.29, 1.82) is 0 Å². The van der Waals surface area contributed by atoms with Gasteiger partial charge in [-0.15, -0.1) is 0 Å². The highest BCUT2D eigenvalue weighted by Crippen LogP contribution is 1.78. The molecule has 0 unspecified atom stereocenters. The quantitative estimate of drug-likeness (QED) is 0.457. The van der Waals surface area contributed by atoms with Crippen LogP contribution in [0.3, 0.4) is 0 Å². The van der Waals surface area contributed by atoms with Crippen molar-refractivity contribution in [2.45, 2.75) is 0 Å². The molecule has 16 heavy (non-hydrogen) atoms. The van der Waals surface area contributed by atoms with Crippen LogP contribution in [0.5, 0.6) is 0 Å². The average Bonchev–Trinajstić information content (AvgIpc) is 2.23. The van der Waals surface area contributed by atoms with Crippen LogP contribution in [0.25, 0.3) is 0 Å². The van der Waals surface area contributed by atoms with Gasteiger partial charge in [0.15, 0.2) is 0 Å². The zero-order valence-corrected chi connectivity index (χ0v) is 10.2. The summed E-state index contributed by atoms with van der Waals surface area (Å²) in [5.74, 6) is -0.135. The van der Waals surface area contributed by atoms with Crippen LogP contribution in [-0.2, 0) is 14.3 Å². The molecule has 0 atom stereocenters. The van der Waals surface area contributed by atoms with Crippen molar-refractivity contribution >= 4 is 5.91 Å². The number of carbonyl (C=O) groups excluding carboxylic acids is 1. The van der Waals surface area contributed by atoms with Crippen molar-refractivity contribution in [1.82, 2.24) is 10.2 Å². The molecule has 0 fully saturated rings. The molecule has 3 N–H and O–H groups in total. The van der Waals surface area contributed by atoms with Crippen molar-refractivity contribution in [3.63, 3.8) is 0 Å². The van der Waals surface area contributed by atoms with Crippen LogP contribution in [0.1, 0.15) is 0 Å². The first kappa shape index (κ1) is 15.3. The molecule has 0 aliphatic heterocycles. The van der Waals surface area contributed by atoms with Gasteiger partial charge >= 0.3 is 0 Å². The maximum Gasteiger partial charge on any atom is 0.246 e. The van der Waals surface area contributed by atoms with Gasteiger partial charge in [-0.1, -0.05) is 0 Å². The zero-order chi connectivity index (χ0) is 12.2. The van der Waals surface area contributed by atoms with E-state index < -0.39 is 0 Å². The van der Waals surface area contributed by atoms with Crippen LogP contribution in [0.2, 0.25) is 0 Å². The van der Waals surface area contributed by atoms with E-state index in [1.165, 1.54) is 0 Å². The molecule has 0 aromatic heterocycles. The molecule has 0 aliphatic carbocycles. The Morgan fingerprint density at radius 3 is 2.62 bits per heavy atom. The van der Waals surface area contributed by atoms with E-state index in [4.69, 9.17) is 15.2 Å². The lowest BCUT2D eigenvalue weighted by molar-refractivity contribution is -0.125. The minimum atomic E-state index is -0.135. The van der Waals surface area contributed by atoms with Crippen LogP contribution >= 0.6 is 0 Å². The molecule has 0 aliphatic rings. The molecule has 0 saturated heterocycles. The van der Waals surface area contributed by atoms with Gasteiger partial charge in [0.05, 0.1) is 19.8 Å². The normalized spacial score (nSPS) is 10.8. The molecule has 0 saturated carbocycles. The summed E-state index contributed by atoms with van der Waals surface area (Å²) in [5.41, 5.74) is 5.21. The van der Waals surface area contributed by atoms with Gasteiger partial charge in [-0.05, 0) is 14.1 Å². The van der Waals surface area contributed by atoms with E-state index >= 15 is 0 Å². The van der Waals surface area contributed by atoms with Crippen molar-refractivity contribution in [3.05, 3.63) is 0 Å². The summed E-state index contributed by atoms with van der Waals surface area (Å²) < 4.78 is 10.3. The second kappa shape index (κ2) is 10.8. The monoisotopic (exact) mass is 233 g/mol. The maximum absolute atomic E-state index is 11.1. The van der Waals surface area contributed by atoms with E-state index in [1.807, 2.05) is 19.0 Å². The molecule has 0 radical (unpaired) electrons. The van der Waals surface area contributed by atoms with Crippen LogP contribution in [-0.4, -0.2) is 71.0 Å². The third kappa shape index (κ3) is 11.4. The van der Waals surface area contributed by atoms with Gasteiger partial charge < -0.3 is 25.4 Å². The van der Waals surface area contributed by atoms with Crippen molar-refractivity contribution in [3.8, 4) is 0 Å². The lowest BCUT2D eigenvalue weighted by Gasteiger charge is -2.10. The van der Waals surface area contributed by atoms with Gasteiger partial charge in [-0.3, -0.25) is 4.79 Å². The average molecular weight is 233 g/mol. The molecule has 6 heteroatoms. The van der Waals surface area contributed by atoms with Crippen LogP contribution in [0, 0.1) is 0 Å². The van der Waals surface area contributed by atoms with Gasteiger partial charge in [-0.25, -0.2) is 0 Å². The Morgan fingerprint density at radius 1 is 1.25 bits per heavy atom. The highest BCUT2D eigenvalue weighted by atomic mass is 16.5.